The van der Waals surface area contributed by atoms with Crippen LogP contribution in [-0.4, -0.2) is 17.1 Å². The highest BCUT2D eigenvalue weighted by molar-refractivity contribution is 5.96. The van der Waals surface area contributed by atoms with Crippen molar-refractivity contribution in [1.82, 2.24) is 9.99 Å². The second-order valence-corrected chi connectivity index (χ2v) is 4.05. The van der Waals surface area contributed by atoms with Gasteiger partial charge >= 0.3 is 0 Å². The topological polar surface area (TPSA) is 86.3 Å². The molecule has 0 aliphatic carbocycles. The molecule has 0 aliphatic heterocycles. The number of ether oxygens (including phenoxy) is 1. The quantitative estimate of drug-likeness (QED) is 0.472. The normalized spacial score (nSPS) is 10.1. The lowest BCUT2D eigenvalue weighted by molar-refractivity contribution is 0.0949. The molecule has 0 fully saturated rings. The second-order valence-electron chi connectivity index (χ2n) is 4.05. The molecule has 1 aromatic heterocycles. The van der Waals surface area contributed by atoms with E-state index in [1.54, 1.807) is 42.6 Å². The van der Waals surface area contributed by atoms with Gasteiger partial charge in [-0.3, -0.25) is 15.0 Å². The predicted molar refractivity (Wildman–Crippen MR) is 74.3 cm³/mol. The highest BCUT2D eigenvalue weighted by Gasteiger charge is 2.10. The number of carbonyl (C=O) groups is 1. The van der Waals surface area contributed by atoms with E-state index in [0.717, 1.165) is 0 Å². The van der Waals surface area contributed by atoms with Crippen LogP contribution in [0.15, 0.2) is 53.5 Å². The average Bonchev–Trinajstić information content (AvgIpc) is 2.49. The van der Waals surface area contributed by atoms with E-state index in [4.69, 9.17) is 10.6 Å². The molecule has 0 unspecified atom stereocenters. The minimum Gasteiger partial charge on any atom is -0.491 e. The van der Waals surface area contributed by atoms with E-state index in [1.807, 2.05) is 0 Å². The first-order valence-electron chi connectivity index (χ1n) is 6.10. The average molecular weight is 273 g/mol. The summed E-state index contributed by atoms with van der Waals surface area (Å²) in [4.78, 5) is 23.1. The summed E-state index contributed by atoms with van der Waals surface area (Å²) in [5.74, 6) is 5.12. The van der Waals surface area contributed by atoms with Crippen molar-refractivity contribution in [3.05, 3.63) is 64.6 Å². The van der Waals surface area contributed by atoms with E-state index in [-0.39, 0.29) is 12.2 Å². The largest absolute Gasteiger partial charge is 0.491 e. The summed E-state index contributed by atoms with van der Waals surface area (Å²) >= 11 is 0. The molecule has 0 saturated carbocycles. The minimum atomic E-state index is -0.419. The number of hydrazine groups is 1. The van der Waals surface area contributed by atoms with Crippen molar-refractivity contribution in [3.63, 3.8) is 0 Å². The minimum absolute atomic E-state index is 0.0934. The van der Waals surface area contributed by atoms with Gasteiger partial charge in [0.2, 0.25) is 0 Å². The molecule has 0 aliphatic rings. The number of nitrogens with zero attached hydrogens (tertiary/aromatic N) is 1. The van der Waals surface area contributed by atoms with Crippen molar-refractivity contribution in [2.75, 3.05) is 6.61 Å². The molecule has 3 N–H and O–H groups in total. The van der Waals surface area contributed by atoms with Gasteiger partial charge in [-0.1, -0.05) is 18.2 Å². The van der Waals surface area contributed by atoms with Crippen LogP contribution in [0.3, 0.4) is 0 Å². The number of rotatable bonds is 5. The van der Waals surface area contributed by atoms with Gasteiger partial charge in [-0.2, -0.15) is 0 Å². The third-order valence-electron chi connectivity index (χ3n) is 2.75. The maximum atomic E-state index is 11.6. The Hall–Kier alpha value is -2.60. The van der Waals surface area contributed by atoms with Gasteiger partial charge in [0.1, 0.15) is 12.4 Å². The van der Waals surface area contributed by atoms with Gasteiger partial charge in [0.05, 0.1) is 12.1 Å². The third kappa shape index (κ3) is 3.24. The van der Waals surface area contributed by atoms with E-state index in [9.17, 15) is 9.59 Å². The first kappa shape index (κ1) is 13.8. The van der Waals surface area contributed by atoms with Gasteiger partial charge in [-0.15, -0.1) is 0 Å². The van der Waals surface area contributed by atoms with E-state index < -0.39 is 5.91 Å². The molecule has 104 valence electrons. The molecule has 2 rings (SSSR count). The highest BCUT2D eigenvalue weighted by atomic mass is 16.5. The number of aromatic nitrogens is 1. The summed E-state index contributed by atoms with van der Waals surface area (Å²) in [6.07, 6.45) is 1.68. The zero-order chi connectivity index (χ0) is 14.4. The van der Waals surface area contributed by atoms with E-state index in [0.29, 0.717) is 17.9 Å². The van der Waals surface area contributed by atoms with Crippen LogP contribution in [0.1, 0.15) is 10.4 Å². The fourth-order valence-electron chi connectivity index (χ4n) is 1.76. The smallest absolute Gasteiger partial charge is 0.268 e. The van der Waals surface area contributed by atoms with E-state index in [1.165, 1.54) is 10.6 Å². The molecular weight excluding hydrogens is 258 g/mol. The molecule has 0 saturated heterocycles. The van der Waals surface area contributed by atoms with Gasteiger partial charge in [-0.25, -0.2) is 5.84 Å². The fourth-order valence-corrected chi connectivity index (χ4v) is 1.76. The van der Waals surface area contributed by atoms with Crippen molar-refractivity contribution in [2.24, 2.45) is 5.84 Å². The molecule has 0 bridgehead atoms. The Bertz CT molecular complexity index is 652. The first-order valence-corrected chi connectivity index (χ1v) is 6.10. The Morgan fingerprint density at radius 3 is 2.70 bits per heavy atom. The van der Waals surface area contributed by atoms with Crippen LogP contribution >= 0.6 is 0 Å². The second kappa shape index (κ2) is 6.53. The lowest BCUT2D eigenvalue weighted by atomic mass is 10.2. The molecule has 1 heterocycles. The van der Waals surface area contributed by atoms with Crippen LogP contribution in [-0.2, 0) is 6.54 Å². The van der Waals surface area contributed by atoms with Crippen LogP contribution in [0.2, 0.25) is 0 Å². The number of hydrogen-bond donors (Lipinski definition) is 2. The van der Waals surface area contributed by atoms with Crippen LogP contribution in [0.25, 0.3) is 0 Å². The highest BCUT2D eigenvalue weighted by Crippen LogP contribution is 2.17. The Labute approximate surface area is 115 Å². The molecule has 0 radical (unpaired) electrons. The zero-order valence-corrected chi connectivity index (χ0v) is 10.8. The molecule has 0 spiro atoms. The van der Waals surface area contributed by atoms with E-state index in [2.05, 4.69) is 5.43 Å². The summed E-state index contributed by atoms with van der Waals surface area (Å²) in [5.41, 5.74) is 2.33. The molecule has 6 heteroatoms. The number of amides is 1. The third-order valence-corrected chi connectivity index (χ3v) is 2.75. The standard InChI is InChI=1S/C14H15N3O3/c15-16-14(19)11-5-1-2-6-12(11)20-10-9-17-8-4-3-7-13(17)18/h1-8H,9-10,15H2,(H,16,19). The Morgan fingerprint density at radius 1 is 1.20 bits per heavy atom. The number of nitrogens with two attached hydrogens (primary N) is 1. The predicted octanol–water partition coefficient (Wildman–Crippen LogP) is 0.531. The number of carbonyl (C=O) groups excluding carboxylic acids is 1. The molecular formula is C14H15N3O3. The van der Waals surface area contributed by atoms with Gasteiger partial charge in [0.15, 0.2) is 0 Å². The summed E-state index contributed by atoms with van der Waals surface area (Å²) in [6, 6.07) is 11.7. The number of hydrogen-bond acceptors (Lipinski definition) is 4. The first-order chi connectivity index (χ1) is 9.72. The summed E-state index contributed by atoms with van der Waals surface area (Å²) in [7, 11) is 0. The van der Waals surface area contributed by atoms with Crippen LogP contribution < -0.4 is 21.6 Å². The van der Waals surface area contributed by atoms with E-state index >= 15 is 0 Å². The van der Waals surface area contributed by atoms with Gasteiger partial charge in [0, 0.05) is 12.3 Å². The SMILES string of the molecule is NNC(=O)c1ccccc1OCCn1ccccc1=O. The maximum Gasteiger partial charge on any atom is 0.268 e. The number of nitrogen functional groups attached to an aromatic ring is 1. The lowest BCUT2D eigenvalue weighted by Crippen LogP contribution is -2.30. The van der Waals surface area contributed by atoms with Crippen LogP contribution in [0.5, 0.6) is 5.75 Å². The monoisotopic (exact) mass is 273 g/mol. The maximum absolute atomic E-state index is 11.6. The molecule has 2 aromatic rings. The molecule has 20 heavy (non-hydrogen) atoms. The fraction of sp³-hybridized carbons (Fsp3) is 0.143. The van der Waals surface area contributed by atoms with Crippen molar-refractivity contribution >= 4 is 5.91 Å². The number of para-hydroxylation sites is 1. The summed E-state index contributed by atoms with van der Waals surface area (Å²) in [5, 5.41) is 0. The van der Waals surface area contributed by atoms with Crippen molar-refractivity contribution < 1.29 is 9.53 Å². The van der Waals surface area contributed by atoms with Gasteiger partial charge in [-0.05, 0) is 18.2 Å². The number of benzene rings is 1. The van der Waals surface area contributed by atoms with Crippen LogP contribution in [0.4, 0.5) is 0 Å². The Kier molecular flexibility index (Phi) is 4.52. The van der Waals surface area contributed by atoms with Crippen molar-refractivity contribution in [1.29, 1.82) is 0 Å². The Balaban J connectivity index is 2.03. The Morgan fingerprint density at radius 2 is 1.95 bits per heavy atom. The van der Waals surface area contributed by atoms with Crippen molar-refractivity contribution in [3.8, 4) is 5.75 Å². The van der Waals surface area contributed by atoms with Gasteiger partial charge < -0.3 is 9.30 Å². The zero-order valence-electron chi connectivity index (χ0n) is 10.8. The lowest BCUT2D eigenvalue weighted by Gasteiger charge is -2.11. The molecule has 1 amide bonds. The summed E-state index contributed by atoms with van der Waals surface area (Å²) in [6.45, 7) is 0.678. The molecule has 6 nitrogen and oxygen atoms in total. The van der Waals surface area contributed by atoms with Crippen LogP contribution in [0, 0.1) is 0 Å². The van der Waals surface area contributed by atoms with Gasteiger partial charge in [0.25, 0.3) is 11.5 Å². The molecule has 0 atom stereocenters. The van der Waals surface area contributed by atoms with Crippen molar-refractivity contribution in [2.45, 2.75) is 6.54 Å². The molecule has 1 aromatic carbocycles. The number of nitrogens with one attached hydrogen (secondary N) is 1. The summed E-state index contributed by atoms with van der Waals surface area (Å²) < 4.78 is 7.08. The number of pyridine rings is 1.